The molecule has 0 heterocycles. The van der Waals surface area contributed by atoms with Crippen LogP contribution < -0.4 is 16.4 Å². The molecular formula is C16H20BrN3O5. The first-order valence-corrected chi connectivity index (χ1v) is 8.28. The molecule has 0 spiro atoms. The Hall–Kier alpha value is -2.42. The second-order valence-electron chi connectivity index (χ2n) is 5.63. The van der Waals surface area contributed by atoms with Crippen LogP contribution in [0.15, 0.2) is 28.7 Å². The number of nitrogens with two attached hydrogens (primary N) is 1. The lowest BCUT2D eigenvalue weighted by atomic mass is 10.0. The third kappa shape index (κ3) is 6.54. The molecular weight excluding hydrogens is 394 g/mol. The maximum atomic E-state index is 12.3. The zero-order chi connectivity index (χ0) is 19.1. The summed E-state index contributed by atoms with van der Waals surface area (Å²) in [6.07, 6.45) is -1.23. The van der Waals surface area contributed by atoms with E-state index in [1.54, 1.807) is 38.1 Å². The maximum absolute atomic E-state index is 12.3. The van der Waals surface area contributed by atoms with Crippen LogP contribution in [0.4, 0.5) is 4.79 Å². The Morgan fingerprint density at radius 3 is 2.12 bits per heavy atom. The highest BCUT2D eigenvalue weighted by Gasteiger charge is 2.29. The molecule has 0 aliphatic rings. The number of amides is 4. The smallest absolute Gasteiger partial charge is 0.329 e. The number of carbonyl (C=O) groups is 4. The summed E-state index contributed by atoms with van der Waals surface area (Å²) in [6, 6.07) is 4.61. The summed E-state index contributed by atoms with van der Waals surface area (Å²) in [4.78, 5) is 46.8. The van der Waals surface area contributed by atoms with Gasteiger partial charge in [0.05, 0.1) is 0 Å². The van der Waals surface area contributed by atoms with Crippen LogP contribution in [0, 0.1) is 5.92 Å². The van der Waals surface area contributed by atoms with Crippen LogP contribution in [0.3, 0.4) is 0 Å². The fourth-order valence-electron chi connectivity index (χ4n) is 1.85. The van der Waals surface area contributed by atoms with Crippen molar-refractivity contribution >= 4 is 39.7 Å². The van der Waals surface area contributed by atoms with E-state index in [4.69, 9.17) is 10.5 Å². The summed E-state index contributed by atoms with van der Waals surface area (Å²) in [5.74, 6) is -2.36. The third-order valence-electron chi connectivity index (χ3n) is 3.22. The van der Waals surface area contributed by atoms with Gasteiger partial charge in [0.15, 0.2) is 6.10 Å². The average molecular weight is 414 g/mol. The molecule has 1 aromatic rings. The van der Waals surface area contributed by atoms with E-state index in [1.807, 2.05) is 5.32 Å². The van der Waals surface area contributed by atoms with Crippen LogP contribution in [-0.4, -0.2) is 36.0 Å². The average Bonchev–Trinajstić information content (AvgIpc) is 2.51. The van der Waals surface area contributed by atoms with E-state index in [0.717, 1.165) is 4.47 Å². The minimum absolute atomic E-state index is 0.279. The van der Waals surface area contributed by atoms with Gasteiger partial charge in [-0.1, -0.05) is 29.8 Å². The van der Waals surface area contributed by atoms with E-state index in [9.17, 15) is 19.2 Å². The molecule has 0 fully saturated rings. The number of carbonyl (C=O) groups excluding carboxylic acids is 4. The standard InChI is InChI=1S/C16H20BrN3O5/c1-8(2)12(15(23)25-9(3)13(21)20-16(18)24)19-14(22)10-4-6-11(17)7-5-10/h4-9,12H,1-3H3,(H,19,22)(H3,18,20,21,24)/t9?,12-/m0/s1. The van der Waals surface area contributed by atoms with E-state index < -0.39 is 36.0 Å². The Balaban J connectivity index is 2.76. The summed E-state index contributed by atoms with van der Waals surface area (Å²) in [5.41, 5.74) is 5.22. The van der Waals surface area contributed by atoms with Crippen LogP contribution in [0.5, 0.6) is 0 Å². The lowest BCUT2D eigenvalue weighted by Crippen LogP contribution is -2.48. The summed E-state index contributed by atoms with van der Waals surface area (Å²) in [5, 5.41) is 4.40. The number of urea groups is 1. The fourth-order valence-corrected chi connectivity index (χ4v) is 2.11. The molecule has 4 amide bonds. The van der Waals surface area contributed by atoms with E-state index in [0.29, 0.717) is 5.56 Å². The van der Waals surface area contributed by atoms with Crippen molar-refractivity contribution in [2.45, 2.75) is 32.9 Å². The van der Waals surface area contributed by atoms with Crippen molar-refractivity contribution in [1.29, 1.82) is 0 Å². The van der Waals surface area contributed by atoms with Crippen LogP contribution in [0.2, 0.25) is 0 Å². The molecule has 0 aliphatic heterocycles. The van der Waals surface area contributed by atoms with Crippen LogP contribution in [0.25, 0.3) is 0 Å². The van der Waals surface area contributed by atoms with Gasteiger partial charge in [0.2, 0.25) is 0 Å². The quantitative estimate of drug-likeness (QED) is 0.606. The first-order valence-electron chi connectivity index (χ1n) is 7.49. The van der Waals surface area contributed by atoms with Gasteiger partial charge in [0, 0.05) is 10.0 Å². The normalized spacial score (nSPS) is 12.8. The molecule has 0 aromatic heterocycles. The lowest BCUT2D eigenvalue weighted by Gasteiger charge is -2.22. The first kappa shape index (κ1) is 20.6. The SMILES string of the molecule is CC(OC(=O)[C@@H](NC(=O)c1ccc(Br)cc1)C(C)C)C(=O)NC(N)=O. The predicted molar refractivity (Wildman–Crippen MR) is 93.5 cm³/mol. The Morgan fingerprint density at radius 1 is 1.08 bits per heavy atom. The molecule has 4 N–H and O–H groups in total. The number of halogens is 1. The molecule has 0 bridgehead atoms. The highest BCUT2D eigenvalue weighted by Crippen LogP contribution is 2.12. The van der Waals surface area contributed by atoms with Crippen LogP contribution >= 0.6 is 15.9 Å². The van der Waals surface area contributed by atoms with Crippen LogP contribution in [-0.2, 0) is 14.3 Å². The van der Waals surface area contributed by atoms with E-state index in [-0.39, 0.29) is 5.92 Å². The van der Waals surface area contributed by atoms with Crippen molar-refractivity contribution in [3.8, 4) is 0 Å². The van der Waals surface area contributed by atoms with Gasteiger partial charge in [0.25, 0.3) is 11.8 Å². The van der Waals surface area contributed by atoms with Crippen molar-refractivity contribution < 1.29 is 23.9 Å². The number of ether oxygens (including phenoxy) is 1. The number of nitrogens with one attached hydrogen (secondary N) is 2. The summed E-state index contributed by atoms with van der Waals surface area (Å²) in [6.45, 7) is 4.74. The summed E-state index contributed by atoms with van der Waals surface area (Å²) in [7, 11) is 0. The predicted octanol–water partition coefficient (Wildman–Crippen LogP) is 1.33. The molecule has 1 rings (SSSR count). The van der Waals surface area contributed by atoms with Crippen molar-refractivity contribution in [2.24, 2.45) is 11.7 Å². The maximum Gasteiger partial charge on any atom is 0.329 e. The molecule has 2 atom stereocenters. The second-order valence-corrected chi connectivity index (χ2v) is 6.55. The largest absolute Gasteiger partial charge is 0.451 e. The second kappa shape index (κ2) is 9.16. The number of rotatable bonds is 6. The van der Waals surface area contributed by atoms with E-state index >= 15 is 0 Å². The van der Waals surface area contributed by atoms with Crippen molar-refractivity contribution in [3.63, 3.8) is 0 Å². The molecule has 0 saturated carbocycles. The Kier molecular flexibility index (Phi) is 7.56. The number of hydrogen-bond donors (Lipinski definition) is 3. The molecule has 0 aliphatic carbocycles. The highest BCUT2D eigenvalue weighted by atomic mass is 79.9. The number of imide groups is 1. The zero-order valence-corrected chi connectivity index (χ0v) is 15.6. The van der Waals surface area contributed by atoms with Gasteiger partial charge in [-0.25, -0.2) is 9.59 Å². The highest BCUT2D eigenvalue weighted by molar-refractivity contribution is 9.10. The van der Waals surface area contributed by atoms with Gasteiger partial charge in [-0.15, -0.1) is 0 Å². The van der Waals surface area contributed by atoms with Gasteiger partial charge < -0.3 is 15.8 Å². The monoisotopic (exact) mass is 413 g/mol. The van der Waals surface area contributed by atoms with Crippen molar-refractivity contribution in [2.75, 3.05) is 0 Å². The molecule has 9 heteroatoms. The molecule has 0 saturated heterocycles. The van der Waals surface area contributed by atoms with Crippen molar-refractivity contribution in [1.82, 2.24) is 10.6 Å². The Morgan fingerprint density at radius 2 is 1.64 bits per heavy atom. The van der Waals surface area contributed by atoms with E-state index in [1.165, 1.54) is 6.92 Å². The number of hydrogen-bond acceptors (Lipinski definition) is 5. The number of primary amides is 1. The van der Waals surface area contributed by atoms with Gasteiger partial charge >= 0.3 is 12.0 Å². The number of benzene rings is 1. The molecule has 25 heavy (non-hydrogen) atoms. The molecule has 1 unspecified atom stereocenters. The Bertz CT molecular complexity index is 660. The first-order chi connectivity index (χ1) is 11.6. The Labute approximate surface area is 153 Å². The van der Waals surface area contributed by atoms with Gasteiger partial charge in [-0.3, -0.25) is 14.9 Å². The van der Waals surface area contributed by atoms with Crippen molar-refractivity contribution in [3.05, 3.63) is 34.3 Å². The van der Waals surface area contributed by atoms with Crippen LogP contribution in [0.1, 0.15) is 31.1 Å². The summed E-state index contributed by atoms with van der Waals surface area (Å²) >= 11 is 3.27. The van der Waals surface area contributed by atoms with E-state index in [2.05, 4.69) is 21.2 Å². The van der Waals surface area contributed by atoms with Gasteiger partial charge in [-0.05, 0) is 37.1 Å². The lowest BCUT2D eigenvalue weighted by molar-refractivity contribution is -0.157. The van der Waals surface area contributed by atoms with Gasteiger partial charge in [0.1, 0.15) is 6.04 Å². The fraction of sp³-hybridized carbons (Fsp3) is 0.375. The molecule has 136 valence electrons. The molecule has 0 radical (unpaired) electrons. The van der Waals surface area contributed by atoms with Gasteiger partial charge in [-0.2, -0.15) is 0 Å². The minimum atomic E-state index is -1.23. The zero-order valence-electron chi connectivity index (χ0n) is 14.0. The minimum Gasteiger partial charge on any atom is -0.451 e. The number of esters is 1. The third-order valence-corrected chi connectivity index (χ3v) is 3.75. The topological polar surface area (TPSA) is 128 Å². The molecule has 8 nitrogen and oxygen atoms in total. The molecule has 1 aromatic carbocycles. The summed E-state index contributed by atoms with van der Waals surface area (Å²) < 4.78 is 5.83.